The van der Waals surface area contributed by atoms with Crippen molar-refractivity contribution >= 4 is 11.6 Å². The summed E-state index contributed by atoms with van der Waals surface area (Å²) in [5.74, 6) is 1.03. The molecule has 0 saturated carbocycles. The van der Waals surface area contributed by atoms with Crippen LogP contribution in [0.2, 0.25) is 0 Å². The minimum Gasteiger partial charge on any atom is -0.494 e. The molecule has 1 aromatic heterocycles. The molecule has 0 unspecified atom stereocenters. The van der Waals surface area contributed by atoms with E-state index >= 15 is 0 Å². The Morgan fingerprint density at radius 1 is 1.27 bits per heavy atom. The summed E-state index contributed by atoms with van der Waals surface area (Å²) >= 11 is 0. The maximum Gasteiger partial charge on any atom is 0.254 e. The largest absolute Gasteiger partial charge is 0.494 e. The van der Waals surface area contributed by atoms with Crippen LogP contribution in [0.5, 0.6) is 5.75 Å². The van der Waals surface area contributed by atoms with Crippen LogP contribution >= 0.6 is 0 Å². The summed E-state index contributed by atoms with van der Waals surface area (Å²) in [5, 5.41) is 2.75. The molecule has 2 aromatic rings. The lowest BCUT2D eigenvalue weighted by Crippen LogP contribution is -2.24. The van der Waals surface area contributed by atoms with E-state index in [1.807, 2.05) is 6.92 Å². The zero-order valence-corrected chi connectivity index (χ0v) is 12.9. The smallest absolute Gasteiger partial charge is 0.254 e. The van der Waals surface area contributed by atoms with Crippen molar-refractivity contribution in [1.29, 1.82) is 0 Å². The van der Waals surface area contributed by atoms with Gasteiger partial charge in [0.15, 0.2) is 0 Å². The van der Waals surface area contributed by atoms with Crippen molar-refractivity contribution in [3.63, 3.8) is 0 Å². The number of hydrogen-bond donors (Lipinski definition) is 2. The van der Waals surface area contributed by atoms with Crippen LogP contribution in [0.4, 0.5) is 5.69 Å². The van der Waals surface area contributed by atoms with Gasteiger partial charge in [-0.2, -0.15) is 0 Å². The number of aromatic nitrogens is 2. The van der Waals surface area contributed by atoms with Gasteiger partial charge in [0.1, 0.15) is 11.6 Å². The molecule has 0 bridgehead atoms. The Morgan fingerprint density at radius 3 is 2.55 bits per heavy atom. The monoisotopic (exact) mass is 301 g/mol. The number of amides is 1. The van der Waals surface area contributed by atoms with E-state index < -0.39 is 0 Å². The molecule has 1 amide bonds. The molecule has 2 rings (SSSR count). The van der Waals surface area contributed by atoms with Crippen LogP contribution in [0, 0.1) is 13.8 Å². The van der Waals surface area contributed by atoms with Gasteiger partial charge < -0.3 is 15.0 Å². The Bertz CT molecular complexity index is 720. The molecule has 1 heterocycles. The van der Waals surface area contributed by atoms with Crippen molar-refractivity contribution in [1.82, 2.24) is 9.97 Å². The number of nitrogens with zero attached hydrogens (tertiary/aromatic N) is 1. The summed E-state index contributed by atoms with van der Waals surface area (Å²) < 4.78 is 5.34. The molecule has 0 radical (unpaired) electrons. The molecular weight excluding hydrogens is 282 g/mol. The summed E-state index contributed by atoms with van der Waals surface area (Å²) in [7, 11) is 0. The van der Waals surface area contributed by atoms with Crippen LogP contribution in [0.25, 0.3) is 0 Å². The number of rotatable bonds is 5. The number of hydrogen-bond acceptors (Lipinski definition) is 4. The summed E-state index contributed by atoms with van der Waals surface area (Å²) in [6, 6.07) is 7.08. The first-order valence-corrected chi connectivity index (χ1v) is 7.08. The number of nitrogens with one attached hydrogen (secondary N) is 2. The van der Waals surface area contributed by atoms with Crippen LogP contribution in [-0.2, 0) is 11.2 Å². The number of anilines is 1. The van der Waals surface area contributed by atoms with Gasteiger partial charge in [-0.1, -0.05) is 0 Å². The molecule has 116 valence electrons. The van der Waals surface area contributed by atoms with Gasteiger partial charge in [-0.3, -0.25) is 9.59 Å². The minimum absolute atomic E-state index is 0.0122. The van der Waals surface area contributed by atoms with E-state index in [1.165, 1.54) is 0 Å². The van der Waals surface area contributed by atoms with Gasteiger partial charge >= 0.3 is 0 Å². The Balaban J connectivity index is 2.06. The van der Waals surface area contributed by atoms with Crippen LogP contribution in [-0.4, -0.2) is 22.5 Å². The van der Waals surface area contributed by atoms with E-state index in [0.29, 0.717) is 29.4 Å². The van der Waals surface area contributed by atoms with Crippen molar-refractivity contribution in [3.05, 3.63) is 51.7 Å². The fraction of sp³-hybridized carbons (Fsp3) is 0.312. The zero-order chi connectivity index (χ0) is 16.1. The first-order chi connectivity index (χ1) is 10.5. The van der Waals surface area contributed by atoms with Gasteiger partial charge in [-0.15, -0.1) is 0 Å². The highest BCUT2D eigenvalue weighted by molar-refractivity contribution is 5.92. The van der Waals surface area contributed by atoms with Crippen molar-refractivity contribution in [2.45, 2.75) is 27.2 Å². The number of ether oxygens (including phenoxy) is 1. The highest BCUT2D eigenvalue weighted by Gasteiger charge is 2.12. The summed E-state index contributed by atoms with van der Waals surface area (Å²) in [6.45, 7) is 5.93. The molecule has 1 aromatic carbocycles. The van der Waals surface area contributed by atoms with Crippen molar-refractivity contribution in [3.8, 4) is 5.75 Å². The Hall–Kier alpha value is -2.63. The average Bonchev–Trinajstić information content (AvgIpc) is 2.45. The third kappa shape index (κ3) is 3.94. The average molecular weight is 301 g/mol. The van der Waals surface area contributed by atoms with E-state index in [2.05, 4.69) is 15.3 Å². The number of H-pyrrole nitrogens is 1. The molecule has 0 spiro atoms. The fourth-order valence-corrected chi connectivity index (χ4v) is 2.13. The molecule has 0 aliphatic carbocycles. The third-order valence-corrected chi connectivity index (χ3v) is 3.13. The first kappa shape index (κ1) is 15.8. The molecule has 6 nitrogen and oxygen atoms in total. The summed E-state index contributed by atoms with van der Waals surface area (Å²) in [6.07, 6.45) is -0.0122. The molecule has 6 heteroatoms. The predicted octanol–water partition coefficient (Wildman–Crippen LogP) is 1.97. The molecule has 0 saturated heterocycles. The van der Waals surface area contributed by atoms with Crippen LogP contribution < -0.4 is 15.6 Å². The Kier molecular flexibility index (Phi) is 4.93. The highest BCUT2D eigenvalue weighted by atomic mass is 16.5. The Morgan fingerprint density at radius 2 is 1.95 bits per heavy atom. The SMILES string of the molecule is CCOc1ccc(NC(=O)Cc2c(C)nc(C)[nH]c2=O)cc1. The molecule has 22 heavy (non-hydrogen) atoms. The second-order valence-corrected chi connectivity index (χ2v) is 4.90. The number of aryl methyl sites for hydroxylation is 2. The number of carbonyl (C=O) groups is 1. The second-order valence-electron chi connectivity index (χ2n) is 4.90. The fourth-order valence-electron chi connectivity index (χ4n) is 2.13. The van der Waals surface area contributed by atoms with Gasteiger partial charge in [0.25, 0.3) is 5.56 Å². The van der Waals surface area contributed by atoms with E-state index in [-0.39, 0.29) is 17.9 Å². The molecular formula is C16H19N3O3. The van der Waals surface area contributed by atoms with Gasteiger partial charge in [0.2, 0.25) is 5.91 Å². The first-order valence-electron chi connectivity index (χ1n) is 7.08. The lowest BCUT2D eigenvalue weighted by atomic mass is 10.1. The normalized spacial score (nSPS) is 10.3. The standard InChI is InChI=1S/C16H19N3O3/c1-4-22-13-7-5-12(6-8-13)19-15(20)9-14-10(2)17-11(3)18-16(14)21/h5-8H,4,9H2,1-3H3,(H,19,20)(H,17,18,21). The van der Waals surface area contributed by atoms with E-state index in [1.54, 1.807) is 38.1 Å². The quantitative estimate of drug-likeness (QED) is 0.884. The van der Waals surface area contributed by atoms with Gasteiger partial charge in [-0.05, 0) is 45.0 Å². The number of aromatic amines is 1. The van der Waals surface area contributed by atoms with E-state index in [9.17, 15) is 9.59 Å². The molecule has 0 aliphatic rings. The van der Waals surface area contributed by atoms with Gasteiger partial charge in [0.05, 0.1) is 13.0 Å². The summed E-state index contributed by atoms with van der Waals surface area (Å²) in [4.78, 5) is 30.7. The maximum atomic E-state index is 12.1. The number of carbonyl (C=O) groups excluding carboxylic acids is 1. The lowest BCUT2D eigenvalue weighted by Gasteiger charge is -2.08. The maximum absolute atomic E-state index is 12.1. The van der Waals surface area contributed by atoms with Crippen LogP contribution in [0.3, 0.4) is 0 Å². The summed E-state index contributed by atoms with van der Waals surface area (Å²) in [5.41, 5.74) is 1.34. The van der Waals surface area contributed by atoms with E-state index in [4.69, 9.17) is 4.74 Å². The Labute approximate surface area is 128 Å². The third-order valence-electron chi connectivity index (χ3n) is 3.13. The molecule has 2 N–H and O–H groups in total. The predicted molar refractivity (Wildman–Crippen MR) is 84.3 cm³/mol. The van der Waals surface area contributed by atoms with Crippen LogP contribution in [0.15, 0.2) is 29.1 Å². The lowest BCUT2D eigenvalue weighted by molar-refractivity contribution is -0.115. The van der Waals surface area contributed by atoms with Gasteiger partial charge in [-0.25, -0.2) is 4.98 Å². The molecule has 0 fully saturated rings. The molecule has 0 aliphatic heterocycles. The van der Waals surface area contributed by atoms with Crippen LogP contribution in [0.1, 0.15) is 24.0 Å². The van der Waals surface area contributed by atoms with Crippen molar-refractivity contribution < 1.29 is 9.53 Å². The zero-order valence-electron chi connectivity index (χ0n) is 12.9. The van der Waals surface area contributed by atoms with Crippen molar-refractivity contribution in [2.24, 2.45) is 0 Å². The number of benzene rings is 1. The topological polar surface area (TPSA) is 84.1 Å². The van der Waals surface area contributed by atoms with Crippen molar-refractivity contribution in [2.75, 3.05) is 11.9 Å². The highest BCUT2D eigenvalue weighted by Crippen LogP contribution is 2.15. The van der Waals surface area contributed by atoms with E-state index in [0.717, 1.165) is 5.75 Å². The minimum atomic E-state index is -0.271. The second kappa shape index (κ2) is 6.89. The molecule has 0 atom stereocenters. The van der Waals surface area contributed by atoms with Gasteiger partial charge in [0, 0.05) is 16.9 Å².